The van der Waals surface area contributed by atoms with Gasteiger partial charge < -0.3 is 9.84 Å². The lowest BCUT2D eigenvalue weighted by Gasteiger charge is -2.31. The van der Waals surface area contributed by atoms with Crippen molar-refractivity contribution in [2.24, 2.45) is 5.92 Å². The van der Waals surface area contributed by atoms with Crippen molar-refractivity contribution in [3.05, 3.63) is 0 Å². The van der Waals surface area contributed by atoms with E-state index in [0.29, 0.717) is 19.4 Å². The van der Waals surface area contributed by atoms with Crippen LogP contribution in [0.4, 0.5) is 0 Å². The molecule has 2 heterocycles. The zero-order chi connectivity index (χ0) is 8.60. The van der Waals surface area contributed by atoms with E-state index in [1.165, 1.54) is 0 Å². The monoisotopic (exact) mass is 170 g/mol. The molecule has 0 amide bonds. The first-order valence-electron chi connectivity index (χ1n) is 4.60. The van der Waals surface area contributed by atoms with Crippen molar-refractivity contribution in [1.82, 2.24) is 0 Å². The fourth-order valence-corrected chi connectivity index (χ4v) is 2.27. The van der Waals surface area contributed by atoms with Gasteiger partial charge in [0.25, 0.3) is 0 Å². The lowest BCUT2D eigenvalue weighted by molar-refractivity contribution is -0.167. The molecule has 0 aromatic rings. The van der Waals surface area contributed by atoms with E-state index in [1.807, 2.05) is 0 Å². The van der Waals surface area contributed by atoms with E-state index in [9.17, 15) is 4.79 Å². The summed E-state index contributed by atoms with van der Waals surface area (Å²) in [4.78, 5) is 11.0. The van der Waals surface area contributed by atoms with Crippen molar-refractivity contribution in [3.63, 3.8) is 0 Å². The highest BCUT2D eigenvalue weighted by molar-refractivity contribution is 5.77. The maximum absolute atomic E-state index is 11.0. The van der Waals surface area contributed by atoms with Gasteiger partial charge in [-0.3, -0.25) is 0 Å². The number of aliphatic carboxylic acids is 1. The molecule has 3 heteroatoms. The minimum Gasteiger partial charge on any atom is -0.479 e. The SMILES string of the molecule is O=C(O)C12CCC(CCO1)CC2. The standard InChI is InChI=1S/C9H14O3/c10-8(11)9-4-1-7(2-5-9)3-6-12-9/h7H,1-6H2,(H,10,11). The second kappa shape index (κ2) is 2.73. The predicted molar refractivity (Wildman–Crippen MR) is 42.9 cm³/mol. The lowest BCUT2D eigenvalue weighted by Crippen LogP contribution is -2.42. The molecular formula is C9H14O3. The summed E-state index contributed by atoms with van der Waals surface area (Å²) in [7, 11) is 0. The molecule has 3 rings (SSSR count). The normalized spacial score (nSPS) is 40.8. The molecule has 0 aromatic carbocycles. The molecule has 12 heavy (non-hydrogen) atoms. The first-order valence-corrected chi connectivity index (χ1v) is 4.60. The molecule has 1 N–H and O–H groups in total. The zero-order valence-corrected chi connectivity index (χ0v) is 7.08. The topological polar surface area (TPSA) is 46.5 Å². The van der Waals surface area contributed by atoms with Crippen molar-refractivity contribution in [1.29, 1.82) is 0 Å². The van der Waals surface area contributed by atoms with E-state index in [0.717, 1.165) is 25.2 Å². The summed E-state index contributed by atoms with van der Waals surface area (Å²) in [5.41, 5.74) is -0.812. The van der Waals surface area contributed by atoms with Gasteiger partial charge in [-0.15, -0.1) is 0 Å². The number of hydrogen-bond acceptors (Lipinski definition) is 2. The number of carbonyl (C=O) groups is 1. The molecule has 0 spiro atoms. The van der Waals surface area contributed by atoms with Gasteiger partial charge in [-0.25, -0.2) is 4.79 Å². The van der Waals surface area contributed by atoms with Gasteiger partial charge >= 0.3 is 5.97 Å². The molecule has 2 aliphatic heterocycles. The molecule has 0 atom stereocenters. The fourth-order valence-electron chi connectivity index (χ4n) is 2.27. The van der Waals surface area contributed by atoms with Gasteiger partial charge in [0.15, 0.2) is 5.60 Å². The van der Waals surface area contributed by atoms with Crippen molar-refractivity contribution in [3.8, 4) is 0 Å². The molecule has 0 unspecified atom stereocenters. The Hall–Kier alpha value is -0.570. The van der Waals surface area contributed by atoms with Crippen LogP contribution in [0.1, 0.15) is 32.1 Å². The predicted octanol–water partition coefficient (Wildman–Crippen LogP) is 1.42. The van der Waals surface area contributed by atoms with Crippen LogP contribution in [0.15, 0.2) is 0 Å². The Morgan fingerprint density at radius 2 is 2.00 bits per heavy atom. The Bertz CT molecular complexity index is 186. The third-order valence-corrected chi connectivity index (χ3v) is 3.21. The molecule has 2 bridgehead atoms. The number of ether oxygens (including phenoxy) is 1. The van der Waals surface area contributed by atoms with Crippen LogP contribution in [0.3, 0.4) is 0 Å². The second-order valence-corrected chi connectivity index (χ2v) is 3.88. The zero-order valence-electron chi connectivity index (χ0n) is 7.08. The van der Waals surface area contributed by atoms with Crippen molar-refractivity contribution in [2.75, 3.05) is 6.61 Å². The van der Waals surface area contributed by atoms with Crippen molar-refractivity contribution >= 4 is 5.97 Å². The molecule has 0 aromatic heterocycles. The van der Waals surface area contributed by atoms with Crippen molar-refractivity contribution in [2.45, 2.75) is 37.7 Å². The lowest BCUT2D eigenvalue weighted by atomic mass is 9.79. The summed E-state index contributed by atoms with van der Waals surface area (Å²) < 4.78 is 5.44. The van der Waals surface area contributed by atoms with Crippen LogP contribution < -0.4 is 0 Å². The molecule has 1 saturated carbocycles. The first-order chi connectivity index (χ1) is 5.73. The summed E-state index contributed by atoms with van der Waals surface area (Å²) in [6, 6.07) is 0. The Labute approximate surface area is 71.7 Å². The van der Waals surface area contributed by atoms with Crippen LogP contribution in [0.2, 0.25) is 0 Å². The van der Waals surface area contributed by atoms with Gasteiger partial charge in [0, 0.05) is 6.61 Å². The molecule has 3 fully saturated rings. The van der Waals surface area contributed by atoms with Crippen LogP contribution in [0.25, 0.3) is 0 Å². The summed E-state index contributed by atoms with van der Waals surface area (Å²) in [5, 5.41) is 9.01. The van der Waals surface area contributed by atoms with E-state index in [4.69, 9.17) is 9.84 Å². The van der Waals surface area contributed by atoms with E-state index in [-0.39, 0.29) is 0 Å². The third-order valence-electron chi connectivity index (χ3n) is 3.21. The molecule has 3 aliphatic rings. The average Bonchev–Trinajstić information content (AvgIpc) is 2.37. The van der Waals surface area contributed by atoms with E-state index >= 15 is 0 Å². The fraction of sp³-hybridized carbons (Fsp3) is 0.889. The van der Waals surface area contributed by atoms with Crippen LogP contribution in [0, 0.1) is 5.92 Å². The van der Waals surface area contributed by atoms with Gasteiger partial charge in [0.1, 0.15) is 0 Å². The molecule has 0 radical (unpaired) electrons. The summed E-state index contributed by atoms with van der Waals surface area (Å²) in [6.07, 6.45) is 4.55. The molecule has 68 valence electrons. The van der Waals surface area contributed by atoms with Gasteiger partial charge in [-0.1, -0.05) is 0 Å². The highest BCUT2D eigenvalue weighted by atomic mass is 16.5. The number of carboxylic acids is 1. The smallest absolute Gasteiger partial charge is 0.335 e. The largest absolute Gasteiger partial charge is 0.479 e. The minimum atomic E-state index is -0.812. The molecule has 2 saturated heterocycles. The Kier molecular flexibility index (Phi) is 1.83. The van der Waals surface area contributed by atoms with E-state index in [1.54, 1.807) is 0 Å². The van der Waals surface area contributed by atoms with E-state index in [2.05, 4.69) is 0 Å². The van der Waals surface area contributed by atoms with Crippen LogP contribution in [-0.4, -0.2) is 23.3 Å². The number of carboxylic acid groups (broad SMARTS) is 1. The van der Waals surface area contributed by atoms with Crippen LogP contribution in [-0.2, 0) is 9.53 Å². The third kappa shape index (κ3) is 1.12. The highest BCUT2D eigenvalue weighted by Gasteiger charge is 2.45. The van der Waals surface area contributed by atoms with Crippen LogP contribution in [0.5, 0.6) is 0 Å². The Balaban J connectivity index is 2.19. The van der Waals surface area contributed by atoms with Gasteiger partial charge in [0.2, 0.25) is 0 Å². The van der Waals surface area contributed by atoms with Gasteiger partial charge in [-0.2, -0.15) is 0 Å². The Morgan fingerprint density at radius 3 is 2.58 bits per heavy atom. The number of hydrogen-bond donors (Lipinski definition) is 1. The highest BCUT2D eigenvalue weighted by Crippen LogP contribution is 2.40. The minimum absolute atomic E-state index is 0.636. The number of fused-ring (bicyclic) bond motifs is 4. The quantitative estimate of drug-likeness (QED) is 0.647. The summed E-state index contributed by atoms with van der Waals surface area (Å²) >= 11 is 0. The maximum Gasteiger partial charge on any atom is 0.335 e. The average molecular weight is 170 g/mol. The second-order valence-electron chi connectivity index (χ2n) is 3.88. The number of rotatable bonds is 1. The molecule has 1 aliphatic carbocycles. The van der Waals surface area contributed by atoms with E-state index < -0.39 is 11.6 Å². The Morgan fingerprint density at radius 1 is 1.33 bits per heavy atom. The van der Waals surface area contributed by atoms with Gasteiger partial charge in [-0.05, 0) is 38.0 Å². The summed E-state index contributed by atoms with van der Waals surface area (Å²) in [5.74, 6) is -0.0391. The van der Waals surface area contributed by atoms with Crippen molar-refractivity contribution < 1.29 is 14.6 Å². The van der Waals surface area contributed by atoms with Crippen LogP contribution >= 0.6 is 0 Å². The molecular weight excluding hydrogens is 156 g/mol. The van der Waals surface area contributed by atoms with Gasteiger partial charge in [0.05, 0.1) is 0 Å². The first kappa shape index (κ1) is 8.05. The maximum atomic E-state index is 11.0. The molecule has 3 nitrogen and oxygen atoms in total. The summed E-state index contributed by atoms with van der Waals surface area (Å²) in [6.45, 7) is 0.636.